The molecule has 2 aliphatic rings. The van der Waals surface area contributed by atoms with E-state index in [4.69, 9.17) is 4.74 Å². The Bertz CT molecular complexity index is 650. The van der Waals surface area contributed by atoms with Crippen molar-refractivity contribution in [2.75, 3.05) is 52.4 Å². The first-order chi connectivity index (χ1) is 13.6. The van der Waals surface area contributed by atoms with Gasteiger partial charge in [0.2, 0.25) is 11.8 Å². The Hall–Kier alpha value is -2.08. The number of aryl methyl sites for hydroxylation is 1. The van der Waals surface area contributed by atoms with Crippen LogP contribution in [0.1, 0.15) is 37.7 Å². The molecule has 0 atom stereocenters. The predicted molar refractivity (Wildman–Crippen MR) is 109 cm³/mol. The number of hydrogen-bond acceptors (Lipinski definition) is 4. The molecule has 6 heteroatoms. The van der Waals surface area contributed by atoms with Gasteiger partial charge in [-0.25, -0.2) is 0 Å². The Balaban J connectivity index is 1.30. The number of piperidine rings is 1. The van der Waals surface area contributed by atoms with Crippen molar-refractivity contribution in [2.24, 2.45) is 0 Å². The zero-order valence-electron chi connectivity index (χ0n) is 17.1. The zero-order valence-corrected chi connectivity index (χ0v) is 17.1. The smallest absolute Gasteiger partial charge is 0.236 e. The highest BCUT2D eigenvalue weighted by Crippen LogP contribution is 2.14. The number of piperazine rings is 1. The maximum Gasteiger partial charge on any atom is 0.236 e. The highest BCUT2D eigenvalue weighted by Gasteiger charge is 2.24. The van der Waals surface area contributed by atoms with E-state index in [1.54, 1.807) is 0 Å². The van der Waals surface area contributed by atoms with Gasteiger partial charge < -0.3 is 14.5 Å². The lowest BCUT2D eigenvalue weighted by Crippen LogP contribution is -2.52. The van der Waals surface area contributed by atoms with E-state index in [9.17, 15) is 9.59 Å². The lowest BCUT2D eigenvalue weighted by Gasteiger charge is -2.36. The zero-order chi connectivity index (χ0) is 19.8. The molecule has 0 radical (unpaired) electrons. The fourth-order valence-corrected chi connectivity index (χ4v) is 3.87. The second-order valence-electron chi connectivity index (χ2n) is 7.87. The molecular formula is C22H33N3O3. The van der Waals surface area contributed by atoms with Crippen molar-refractivity contribution in [3.05, 3.63) is 29.8 Å². The standard InChI is InChI=1S/C22H33N3O3/c1-19-7-5-8-20(17-19)28-16-6-9-21(26)25-14-12-23(13-15-25)18-22(27)24-10-3-2-4-11-24/h5,7-8,17H,2-4,6,9-16,18H2,1H3. The monoisotopic (exact) mass is 387 g/mol. The van der Waals surface area contributed by atoms with Crippen LogP contribution in [0.25, 0.3) is 0 Å². The molecule has 3 rings (SSSR count). The second kappa shape index (κ2) is 10.5. The number of rotatable bonds is 7. The number of likely N-dealkylation sites (tertiary alicyclic amines) is 1. The molecule has 0 bridgehead atoms. The Morgan fingerprint density at radius 1 is 0.929 bits per heavy atom. The van der Waals surface area contributed by atoms with Crippen LogP contribution in [0.15, 0.2) is 24.3 Å². The van der Waals surface area contributed by atoms with Crippen molar-refractivity contribution in [1.29, 1.82) is 0 Å². The summed E-state index contributed by atoms with van der Waals surface area (Å²) in [5, 5.41) is 0. The molecule has 0 unspecified atom stereocenters. The summed E-state index contributed by atoms with van der Waals surface area (Å²) in [7, 11) is 0. The van der Waals surface area contributed by atoms with Crippen LogP contribution in [0.5, 0.6) is 5.75 Å². The fraction of sp³-hybridized carbons (Fsp3) is 0.636. The van der Waals surface area contributed by atoms with Crippen LogP contribution in [0.4, 0.5) is 0 Å². The summed E-state index contributed by atoms with van der Waals surface area (Å²) < 4.78 is 5.72. The maximum atomic E-state index is 12.4. The number of ether oxygens (including phenoxy) is 1. The summed E-state index contributed by atoms with van der Waals surface area (Å²) in [6.07, 6.45) is 4.72. The van der Waals surface area contributed by atoms with E-state index in [1.807, 2.05) is 41.0 Å². The van der Waals surface area contributed by atoms with E-state index in [1.165, 1.54) is 12.0 Å². The summed E-state index contributed by atoms with van der Waals surface area (Å²) in [6, 6.07) is 7.97. The van der Waals surface area contributed by atoms with Crippen LogP contribution in [0.3, 0.4) is 0 Å². The van der Waals surface area contributed by atoms with E-state index >= 15 is 0 Å². The van der Waals surface area contributed by atoms with Gasteiger partial charge in [0, 0.05) is 45.7 Å². The van der Waals surface area contributed by atoms with E-state index < -0.39 is 0 Å². The van der Waals surface area contributed by atoms with Gasteiger partial charge in [-0.1, -0.05) is 12.1 Å². The Morgan fingerprint density at radius 3 is 2.36 bits per heavy atom. The molecule has 0 spiro atoms. The first kappa shape index (κ1) is 20.6. The third-order valence-corrected chi connectivity index (χ3v) is 5.59. The largest absolute Gasteiger partial charge is 0.494 e. The molecular weight excluding hydrogens is 354 g/mol. The van der Waals surface area contributed by atoms with Crippen molar-refractivity contribution in [3.63, 3.8) is 0 Å². The topological polar surface area (TPSA) is 53.1 Å². The first-order valence-corrected chi connectivity index (χ1v) is 10.6. The quantitative estimate of drug-likeness (QED) is 0.674. The molecule has 1 aromatic rings. The molecule has 28 heavy (non-hydrogen) atoms. The minimum Gasteiger partial charge on any atom is -0.494 e. The fourth-order valence-electron chi connectivity index (χ4n) is 3.87. The third-order valence-electron chi connectivity index (χ3n) is 5.59. The average Bonchev–Trinajstić information content (AvgIpc) is 2.72. The Labute approximate surface area is 168 Å². The molecule has 0 N–H and O–H groups in total. The predicted octanol–water partition coefficient (Wildman–Crippen LogP) is 2.31. The van der Waals surface area contributed by atoms with Gasteiger partial charge >= 0.3 is 0 Å². The highest BCUT2D eigenvalue weighted by molar-refractivity contribution is 5.78. The minimum atomic E-state index is 0.190. The van der Waals surface area contributed by atoms with Crippen molar-refractivity contribution < 1.29 is 14.3 Å². The number of benzene rings is 1. The van der Waals surface area contributed by atoms with Crippen molar-refractivity contribution in [1.82, 2.24) is 14.7 Å². The number of nitrogens with zero attached hydrogens (tertiary/aromatic N) is 3. The van der Waals surface area contributed by atoms with Crippen LogP contribution in [0, 0.1) is 6.92 Å². The van der Waals surface area contributed by atoms with Gasteiger partial charge in [0.05, 0.1) is 13.2 Å². The van der Waals surface area contributed by atoms with E-state index in [0.29, 0.717) is 32.7 Å². The normalized spacial score (nSPS) is 18.2. The van der Waals surface area contributed by atoms with Gasteiger partial charge in [-0.15, -0.1) is 0 Å². The molecule has 2 aliphatic heterocycles. The van der Waals surface area contributed by atoms with E-state index in [0.717, 1.165) is 51.2 Å². The first-order valence-electron chi connectivity index (χ1n) is 10.6. The van der Waals surface area contributed by atoms with Gasteiger partial charge in [0.25, 0.3) is 0 Å². The summed E-state index contributed by atoms with van der Waals surface area (Å²) >= 11 is 0. The molecule has 1 aromatic carbocycles. The van der Waals surface area contributed by atoms with Gasteiger partial charge in [0.1, 0.15) is 5.75 Å². The summed E-state index contributed by atoms with van der Waals surface area (Å²) in [5.74, 6) is 1.29. The summed E-state index contributed by atoms with van der Waals surface area (Å²) in [5.41, 5.74) is 1.17. The van der Waals surface area contributed by atoms with Crippen LogP contribution in [-0.2, 0) is 9.59 Å². The minimum absolute atomic E-state index is 0.190. The number of carbonyl (C=O) groups is 2. The van der Waals surface area contributed by atoms with E-state index in [2.05, 4.69) is 4.90 Å². The third kappa shape index (κ3) is 6.23. The Morgan fingerprint density at radius 2 is 1.64 bits per heavy atom. The lowest BCUT2D eigenvalue weighted by atomic mass is 10.1. The molecule has 2 saturated heterocycles. The molecule has 0 aromatic heterocycles. The highest BCUT2D eigenvalue weighted by atomic mass is 16.5. The van der Waals surface area contributed by atoms with Gasteiger partial charge in [-0.2, -0.15) is 0 Å². The second-order valence-corrected chi connectivity index (χ2v) is 7.87. The van der Waals surface area contributed by atoms with Crippen LogP contribution in [-0.4, -0.2) is 78.9 Å². The molecule has 6 nitrogen and oxygen atoms in total. The van der Waals surface area contributed by atoms with Gasteiger partial charge in [0.15, 0.2) is 0 Å². The van der Waals surface area contributed by atoms with Crippen LogP contribution >= 0.6 is 0 Å². The number of hydrogen-bond donors (Lipinski definition) is 0. The average molecular weight is 388 g/mol. The molecule has 0 saturated carbocycles. The summed E-state index contributed by atoms with van der Waals surface area (Å²) in [6.45, 7) is 7.89. The van der Waals surface area contributed by atoms with Crippen LogP contribution < -0.4 is 4.74 Å². The van der Waals surface area contributed by atoms with Gasteiger partial charge in [-0.3, -0.25) is 14.5 Å². The molecule has 154 valence electrons. The van der Waals surface area contributed by atoms with Crippen molar-refractivity contribution in [3.8, 4) is 5.75 Å². The molecule has 0 aliphatic carbocycles. The lowest BCUT2D eigenvalue weighted by molar-refractivity contribution is -0.135. The van der Waals surface area contributed by atoms with Crippen molar-refractivity contribution >= 4 is 11.8 Å². The molecule has 2 heterocycles. The van der Waals surface area contributed by atoms with Crippen LogP contribution in [0.2, 0.25) is 0 Å². The van der Waals surface area contributed by atoms with Gasteiger partial charge in [-0.05, 0) is 50.3 Å². The SMILES string of the molecule is Cc1cccc(OCCCC(=O)N2CCN(CC(=O)N3CCCCC3)CC2)c1. The number of amides is 2. The number of carbonyl (C=O) groups excluding carboxylic acids is 2. The molecule has 2 fully saturated rings. The molecule has 2 amide bonds. The van der Waals surface area contributed by atoms with Crippen molar-refractivity contribution in [2.45, 2.75) is 39.0 Å². The summed E-state index contributed by atoms with van der Waals surface area (Å²) in [4.78, 5) is 30.9. The van der Waals surface area contributed by atoms with E-state index in [-0.39, 0.29) is 11.8 Å². The Kier molecular flexibility index (Phi) is 7.71. The maximum absolute atomic E-state index is 12.4.